The van der Waals surface area contributed by atoms with Crippen molar-refractivity contribution >= 4 is 5.91 Å². The standard InChI is InChI=1S/C14H22N2O/c1-2-12-7-4-3-5-10-16(12)13(17)14(11-15)8-6-9-14/h12H,2-10H2,1H3. The fourth-order valence-electron chi connectivity index (χ4n) is 3.05. The van der Waals surface area contributed by atoms with Crippen LogP contribution in [0.4, 0.5) is 0 Å². The first kappa shape index (κ1) is 12.4. The van der Waals surface area contributed by atoms with Crippen molar-refractivity contribution in [2.45, 2.75) is 64.3 Å². The number of carbonyl (C=O) groups is 1. The van der Waals surface area contributed by atoms with Crippen molar-refractivity contribution in [2.75, 3.05) is 6.54 Å². The highest BCUT2D eigenvalue weighted by molar-refractivity contribution is 5.86. The second-order valence-corrected chi connectivity index (χ2v) is 5.46. The van der Waals surface area contributed by atoms with E-state index >= 15 is 0 Å². The molecule has 1 atom stereocenters. The minimum Gasteiger partial charge on any atom is -0.338 e. The third-order valence-corrected chi connectivity index (χ3v) is 4.44. The van der Waals surface area contributed by atoms with Crippen LogP contribution in [0.1, 0.15) is 58.3 Å². The number of rotatable bonds is 2. The van der Waals surface area contributed by atoms with E-state index < -0.39 is 5.41 Å². The molecular formula is C14H22N2O. The summed E-state index contributed by atoms with van der Waals surface area (Å²) in [6.07, 6.45) is 8.26. The monoisotopic (exact) mass is 234 g/mol. The summed E-state index contributed by atoms with van der Waals surface area (Å²) in [6.45, 7) is 3.01. The number of nitriles is 1. The smallest absolute Gasteiger partial charge is 0.243 e. The zero-order valence-corrected chi connectivity index (χ0v) is 10.7. The van der Waals surface area contributed by atoms with E-state index in [0.29, 0.717) is 6.04 Å². The maximum atomic E-state index is 12.6. The molecule has 2 fully saturated rings. The van der Waals surface area contributed by atoms with Crippen LogP contribution in [0.5, 0.6) is 0 Å². The molecule has 2 rings (SSSR count). The summed E-state index contributed by atoms with van der Waals surface area (Å²) < 4.78 is 0. The summed E-state index contributed by atoms with van der Waals surface area (Å²) in [7, 11) is 0. The Morgan fingerprint density at radius 2 is 2.12 bits per heavy atom. The molecule has 0 N–H and O–H groups in total. The Morgan fingerprint density at radius 3 is 2.65 bits per heavy atom. The van der Waals surface area contributed by atoms with E-state index in [4.69, 9.17) is 0 Å². The van der Waals surface area contributed by atoms with Crippen LogP contribution in [0.2, 0.25) is 0 Å². The predicted octanol–water partition coefficient (Wildman–Crippen LogP) is 2.86. The van der Waals surface area contributed by atoms with Crippen molar-refractivity contribution in [3.05, 3.63) is 0 Å². The van der Waals surface area contributed by atoms with Gasteiger partial charge in [-0.05, 0) is 38.5 Å². The maximum Gasteiger partial charge on any atom is 0.243 e. The van der Waals surface area contributed by atoms with Crippen LogP contribution >= 0.6 is 0 Å². The Bertz CT molecular complexity index is 328. The molecule has 1 saturated heterocycles. The van der Waals surface area contributed by atoms with Crippen molar-refractivity contribution in [1.29, 1.82) is 5.26 Å². The second kappa shape index (κ2) is 5.08. The summed E-state index contributed by atoms with van der Waals surface area (Å²) in [6, 6.07) is 2.66. The van der Waals surface area contributed by atoms with Gasteiger partial charge in [-0.15, -0.1) is 0 Å². The average molecular weight is 234 g/mol. The summed E-state index contributed by atoms with van der Waals surface area (Å²) in [4.78, 5) is 14.6. The molecule has 1 saturated carbocycles. The van der Waals surface area contributed by atoms with Crippen LogP contribution in [0.25, 0.3) is 0 Å². The van der Waals surface area contributed by atoms with Crippen LogP contribution < -0.4 is 0 Å². The molecule has 0 aromatic carbocycles. The lowest BCUT2D eigenvalue weighted by molar-refractivity contribution is -0.145. The van der Waals surface area contributed by atoms with Gasteiger partial charge in [-0.3, -0.25) is 4.79 Å². The molecular weight excluding hydrogens is 212 g/mol. The number of hydrogen-bond acceptors (Lipinski definition) is 2. The first-order valence-electron chi connectivity index (χ1n) is 6.96. The molecule has 1 unspecified atom stereocenters. The van der Waals surface area contributed by atoms with E-state index in [9.17, 15) is 10.1 Å². The van der Waals surface area contributed by atoms with Crippen LogP contribution in [0.15, 0.2) is 0 Å². The van der Waals surface area contributed by atoms with Gasteiger partial charge in [0.05, 0.1) is 6.07 Å². The van der Waals surface area contributed by atoms with E-state index in [2.05, 4.69) is 13.0 Å². The number of nitrogens with zero attached hydrogens (tertiary/aromatic N) is 2. The van der Waals surface area contributed by atoms with Gasteiger partial charge in [0, 0.05) is 12.6 Å². The minimum absolute atomic E-state index is 0.125. The number of likely N-dealkylation sites (tertiary alicyclic amines) is 1. The van der Waals surface area contributed by atoms with Gasteiger partial charge in [0.1, 0.15) is 5.41 Å². The van der Waals surface area contributed by atoms with Gasteiger partial charge in [0.25, 0.3) is 0 Å². The van der Waals surface area contributed by atoms with Gasteiger partial charge in [-0.2, -0.15) is 5.26 Å². The SMILES string of the molecule is CCC1CCCCCN1C(=O)C1(C#N)CCC1. The fourth-order valence-corrected chi connectivity index (χ4v) is 3.05. The Hall–Kier alpha value is -1.04. The predicted molar refractivity (Wildman–Crippen MR) is 66.2 cm³/mol. The largest absolute Gasteiger partial charge is 0.338 e. The Balaban J connectivity index is 2.13. The van der Waals surface area contributed by atoms with Gasteiger partial charge in [0.2, 0.25) is 5.91 Å². The van der Waals surface area contributed by atoms with Crippen molar-refractivity contribution < 1.29 is 4.79 Å². The minimum atomic E-state index is -0.655. The van der Waals surface area contributed by atoms with Gasteiger partial charge in [0.15, 0.2) is 0 Å². The summed E-state index contributed by atoms with van der Waals surface area (Å²) in [5.74, 6) is 0.125. The van der Waals surface area contributed by atoms with E-state index in [1.165, 1.54) is 12.8 Å². The van der Waals surface area contributed by atoms with Crippen LogP contribution in [-0.4, -0.2) is 23.4 Å². The molecule has 0 bridgehead atoms. The summed E-state index contributed by atoms with van der Waals surface area (Å²) in [5.41, 5.74) is -0.655. The third-order valence-electron chi connectivity index (χ3n) is 4.44. The molecule has 1 amide bonds. The molecule has 94 valence electrons. The summed E-state index contributed by atoms with van der Waals surface area (Å²) in [5, 5.41) is 9.27. The highest BCUT2D eigenvalue weighted by Gasteiger charge is 2.47. The van der Waals surface area contributed by atoms with Gasteiger partial charge in [-0.25, -0.2) is 0 Å². The lowest BCUT2D eigenvalue weighted by Crippen LogP contribution is -2.50. The molecule has 2 aliphatic rings. The van der Waals surface area contributed by atoms with E-state index in [1.807, 2.05) is 4.90 Å². The Labute approximate surface area is 104 Å². The molecule has 0 aromatic rings. The molecule has 3 heteroatoms. The van der Waals surface area contributed by atoms with E-state index in [0.717, 1.165) is 45.1 Å². The van der Waals surface area contributed by atoms with Gasteiger partial charge in [-0.1, -0.05) is 19.8 Å². The van der Waals surface area contributed by atoms with E-state index in [1.54, 1.807) is 0 Å². The topological polar surface area (TPSA) is 44.1 Å². The average Bonchev–Trinajstić information content (AvgIpc) is 2.52. The summed E-state index contributed by atoms with van der Waals surface area (Å²) >= 11 is 0. The van der Waals surface area contributed by atoms with Crippen LogP contribution in [0.3, 0.4) is 0 Å². The molecule has 0 spiro atoms. The number of hydrogen-bond donors (Lipinski definition) is 0. The zero-order valence-electron chi connectivity index (χ0n) is 10.7. The highest BCUT2D eigenvalue weighted by Crippen LogP contribution is 2.42. The van der Waals surface area contributed by atoms with Crippen molar-refractivity contribution in [3.8, 4) is 6.07 Å². The second-order valence-electron chi connectivity index (χ2n) is 5.46. The maximum absolute atomic E-state index is 12.6. The van der Waals surface area contributed by atoms with Crippen LogP contribution in [-0.2, 0) is 4.79 Å². The highest BCUT2D eigenvalue weighted by atomic mass is 16.2. The molecule has 0 aromatic heterocycles. The number of amides is 1. The van der Waals surface area contributed by atoms with Crippen LogP contribution in [0, 0.1) is 16.7 Å². The van der Waals surface area contributed by atoms with Crippen molar-refractivity contribution in [2.24, 2.45) is 5.41 Å². The molecule has 1 aliphatic heterocycles. The first-order valence-corrected chi connectivity index (χ1v) is 6.96. The molecule has 17 heavy (non-hydrogen) atoms. The van der Waals surface area contributed by atoms with Gasteiger partial charge >= 0.3 is 0 Å². The molecule has 0 radical (unpaired) electrons. The molecule has 3 nitrogen and oxygen atoms in total. The van der Waals surface area contributed by atoms with E-state index in [-0.39, 0.29) is 5.91 Å². The molecule has 1 heterocycles. The fraction of sp³-hybridized carbons (Fsp3) is 0.857. The Morgan fingerprint density at radius 1 is 1.35 bits per heavy atom. The normalized spacial score (nSPS) is 27.8. The lowest BCUT2D eigenvalue weighted by atomic mass is 9.68. The lowest BCUT2D eigenvalue weighted by Gasteiger charge is -2.40. The first-order chi connectivity index (χ1) is 8.23. The van der Waals surface area contributed by atoms with Crippen molar-refractivity contribution in [1.82, 2.24) is 4.90 Å². The third kappa shape index (κ3) is 2.18. The molecule has 1 aliphatic carbocycles. The van der Waals surface area contributed by atoms with Crippen molar-refractivity contribution in [3.63, 3.8) is 0 Å². The van der Waals surface area contributed by atoms with Gasteiger partial charge < -0.3 is 4.90 Å². The quantitative estimate of drug-likeness (QED) is 0.737. The Kier molecular flexibility index (Phi) is 3.71. The number of carbonyl (C=O) groups excluding carboxylic acids is 1. The zero-order chi connectivity index (χ0) is 12.3.